The fourth-order valence-electron chi connectivity index (χ4n) is 3.16. The van der Waals surface area contributed by atoms with Gasteiger partial charge in [-0.25, -0.2) is 0 Å². The number of benzene rings is 1. The molecule has 1 saturated heterocycles. The maximum atomic E-state index is 11.0. The molecule has 2 atom stereocenters. The predicted octanol–water partition coefficient (Wildman–Crippen LogP) is 1.41. The highest BCUT2D eigenvalue weighted by Gasteiger charge is 2.46. The summed E-state index contributed by atoms with van der Waals surface area (Å²) < 4.78 is 5.91. The molecule has 1 aromatic carbocycles. The van der Waals surface area contributed by atoms with Crippen LogP contribution < -0.4 is 5.73 Å². The average molecular weight is 264 g/mol. The van der Waals surface area contributed by atoms with Crippen LogP contribution in [0.25, 0.3) is 0 Å². The fraction of sp³-hybridized carbons (Fsp3) is 0.625. The van der Waals surface area contributed by atoms with Crippen LogP contribution in [0.5, 0.6) is 0 Å². The number of quaternary nitrogens is 1. The molecule has 1 heterocycles. The Morgan fingerprint density at radius 2 is 2.00 bits per heavy atom. The van der Waals surface area contributed by atoms with Crippen LogP contribution in [-0.2, 0) is 11.2 Å². The van der Waals surface area contributed by atoms with Gasteiger partial charge in [0, 0.05) is 18.8 Å². The van der Waals surface area contributed by atoms with E-state index in [1.807, 2.05) is 18.2 Å². The van der Waals surface area contributed by atoms with E-state index in [1.54, 1.807) is 0 Å². The Labute approximate surface area is 115 Å². The normalized spacial score (nSPS) is 30.2. The molecule has 0 aromatic heterocycles. The summed E-state index contributed by atoms with van der Waals surface area (Å²) in [5, 5.41) is 11.0. The van der Waals surface area contributed by atoms with Gasteiger partial charge in [-0.1, -0.05) is 30.3 Å². The van der Waals surface area contributed by atoms with Crippen LogP contribution in [0.2, 0.25) is 0 Å². The van der Waals surface area contributed by atoms with Crippen LogP contribution in [0.3, 0.4) is 0 Å². The highest BCUT2D eigenvalue weighted by molar-refractivity contribution is 5.16. The Morgan fingerprint density at radius 1 is 1.32 bits per heavy atom. The maximum absolute atomic E-state index is 11.0. The molecule has 19 heavy (non-hydrogen) atoms. The van der Waals surface area contributed by atoms with E-state index < -0.39 is 5.60 Å². The number of aliphatic hydroxyl groups is 1. The molecule has 3 nitrogen and oxygen atoms in total. The van der Waals surface area contributed by atoms with Gasteiger partial charge in [-0.05, 0) is 25.8 Å². The molecule has 1 aliphatic rings. The Kier molecular flexibility index (Phi) is 4.29. The van der Waals surface area contributed by atoms with Crippen LogP contribution in [0.1, 0.15) is 32.3 Å². The van der Waals surface area contributed by atoms with Crippen molar-refractivity contribution >= 4 is 0 Å². The molecule has 0 spiro atoms. The topological polar surface area (TPSA) is 57.1 Å². The first kappa shape index (κ1) is 14.5. The van der Waals surface area contributed by atoms with Crippen LogP contribution in [0, 0.1) is 5.92 Å². The van der Waals surface area contributed by atoms with E-state index in [2.05, 4.69) is 31.7 Å². The maximum Gasteiger partial charge on any atom is 0.0781 e. The third-order valence-electron chi connectivity index (χ3n) is 4.10. The third kappa shape index (κ3) is 3.56. The van der Waals surface area contributed by atoms with Crippen molar-refractivity contribution in [1.82, 2.24) is 0 Å². The average Bonchev–Trinajstić information content (AvgIpc) is 2.34. The number of rotatable bonds is 4. The van der Waals surface area contributed by atoms with E-state index in [0.717, 1.165) is 19.4 Å². The standard InChI is InChI=1S/C16H25NO2/c1-15(2)12-16(18,8-9-17)14(11-19-15)10-13-6-4-3-5-7-13/h3-7,14,18H,8-12,17H2,1-2H3/p+1/t14-,16-/m1/s1. The van der Waals surface area contributed by atoms with E-state index in [4.69, 9.17) is 4.74 Å². The lowest BCUT2D eigenvalue weighted by Gasteiger charge is -2.46. The van der Waals surface area contributed by atoms with Gasteiger partial charge in [-0.3, -0.25) is 0 Å². The Hall–Kier alpha value is -0.900. The van der Waals surface area contributed by atoms with Crippen molar-refractivity contribution < 1.29 is 15.6 Å². The number of ether oxygens (including phenoxy) is 1. The van der Waals surface area contributed by atoms with Gasteiger partial charge in [0.25, 0.3) is 0 Å². The first-order valence-electron chi connectivity index (χ1n) is 7.15. The molecule has 0 aliphatic carbocycles. The van der Waals surface area contributed by atoms with E-state index in [0.29, 0.717) is 13.0 Å². The summed E-state index contributed by atoms with van der Waals surface area (Å²) in [5.41, 5.74) is 4.28. The fourth-order valence-corrected chi connectivity index (χ4v) is 3.16. The second-order valence-electron chi connectivity index (χ2n) is 6.34. The zero-order valence-electron chi connectivity index (χ0n) is 12.1. The smallest absolute Gasteiger partial charge is 0.0781 e. The Balaban J connectivity index is 2.14. The molecule has 0 amide bonds. The number of hydrogen-bond acceptors (Lipinski definition) is 2. The minimum absolute atomic E-state index is 0.157. The molecule has 1 fully saturated rings. The minimum atomic E-state index is -0.653. The Morgan fingerprint density at radius 3 is 2.63 bits per heavy atom. The first-order valence-corrected chi connectivity index (χ1v) is 7.15. The monoisotopic (exact) mass is 264 g/mol. The lowest BCUT2D eigenvalue weighted by molar-refractivity contribution is -0.377. The van der Waals surface area contributed by atoms with Crippen molar-refractivity contribution in [2.45, 2.75) is 44.3 Å². The van der Waals surface area contributed by atoms with Crippen LogP contribution >= 0.6 is 0 Å². The van der Waals surface area contributed by atoms with Crippen LogP contribution in [0.4, 0.5) is 0 Å². The van der Waals surface area contributed by atoms with Gasteiger partial charge in [-0.2, -0.15) is 0 Å². The largest absolute Gasteiger partial charge is 0.389 e. The van der Waals surface area contributed by atoms with Crippen molar-refractivity contribution in [2.24, 2.45) is 5.92 Å². The summed E-state index contributed by atoms with van der Waals surface area (Å²) in [7, 11) is 0. The molecule has 0 unspecified atom stereocenters. The van der Waals surface area contributed by atoms with E-state index in [-0.39, 0.29) is 11.5 Å². The van der Waals surface area contributed by atoms with Crippen molar-refractivity contribution in [2.75, 3.05) is 13.2 Å². The molecule has 0 radical (unpaired) electrons. The first-order chi connectivity index (χ1) is 8.95. The molecule has 1 aromatic rings. The number of hydrogen-bond donors (Lipinski definition) is 2. The molecule has 3 heteroatoms. The van der Waals surface area contributed by atoms with Crippen molar-refractivity contribution in [3.8, 4) is 0 Å². The summed E-state index contributed by atoms with van der Waals surface area (Å²) in [4.78, 5) is 0. The van der Waals surface area contributed by atoms with Gasteiger partial charge < -0.3 is 15.6 Å². The molecule has 4 N–H and O–H groups in total. The van der Waals surface area contributed by atoms with Gasteiger partial charge in [0.2, 0.25) is 0 Å². The van der Waals surface area contributed by atoms with E-state index in [1.165, 1.54) is 5.56 Å². The lowest BCUT2D eigenvalue weighted by atomic mass is 9.73. The zero-order valence-corrected chi connectivity index (χ0v) is 12.1. The molecular weight excluding hydrogens is 238 g/mol. The SMILES string of the molecule is CC1(C)C[C@](O)(CC[NH3+])[C@H](Cc2ccccc2)CO1. The molecule has 1 aliphatic heterocycles. The van der Waals surface area contributed by atoms with Crippen molar-refractivity contribution in [3.05, 3.63) is 35.9 Å². The summed E-state index contributed by atoms with van der Waals surface area (Å²) in [6.07, 6.45) is 2.30. The van der Waals surface area contributed by atoms with Gasteiger partial charge >= 0.3 is 0 Å². The summed E-state index contributed by atoms with van der Waals surface area (Å²) >= 11 is 0. The zero-order chi connectivity index (χ0) is 13.9. The molecule has 2 rings (SSSR count). The lowest BCUT2D eigenvalue weighted by Crippen LogP contribution is -2.59. The quantitative estimate of drug-likeness (QED) is 0.864. The second kappa shape index (κ2) is 5.61. The van der Waals surface area contributed by atoms with Gasteiger partial charge in [0.05, 0.1) is 24.4 Å². The van der Waals surface area contributed by atoms with E-state index in [9.17, 15) is 5.11 Å². The minimum Gasteiger partial charge on any atom is -0.389 e. The Bertz CT molecular complexity index is 404. The summed E-state index contributed by atoms with van der Waals surface area (Å²) in [5.74, 6) is 0.157. The molecular formula is C16H26NO2+. The van der Waals surface area contributed by atoms with Crippen molar-refractivity contribution in [3.63, 3.8) is 0 Å². The van der Waals surface area contributed by atoms with Crippen LogP contribution in [-0.4, -0.2) is 29.5 Å². The summed E-state index contributed by atoms with van der Waals surface area (Å²) in [6, 6.07) is 10.3. The highest BCUT2D eigenvalue weighted by Crippen LogP contribution is 2.39. The third-order valence-corrected chi connectivity index (χ3v) is 4.10. The molecule has 106 valence electrons. The predicted molar refractivity (Wildman–Crippen MR) is 75.6 cm³/mol. The van der Waals surface area contributed by atoms with E-state index >= 15 is 0 Å². The van der Waals surface area contributed by atoms with Crippen LogP contribution in [0.15, 0.2) is 30.3 Å². The highest BCUT2D eigenvalue weighted by atomic mass is 16.5. The molecule has 0 saturated carbocycles. The van der Waals surface area contributed by atoms with Crippen molar-refractivity contribution in [1.29, 1.82) is 0 Å². The van der Waals surface area contributed by atoms with Gasteiger partial charge in [0.1, 0.15) is 0 Å². The summed E-state index contributed by atoms with van der Waals surface area (Å²) in [6.45, 7) is 5.50. The van der Waals surface area contributed by atoms with Gasteiger partial charge in [0.15, 0.2) is 0 Å². The second-order valence-corrected chi connectivity index (χ2v) is 6.34. The molecule has 0 bridgehead atoms. The van der Waals surface area contributed by atoms with Gasteiger partial charge in [-0.15, -0.1) is 0 Å².